The number of ether oxygens (including phenoxy) is 2. The Hall–Kier alpha value is -4.05. The molecule has 1 aliphatic heterocycles. The first-order valence-corrected chi connectivity index (χ1v) is 11.6. The van der Waals surface area contributed by atoms with Crippen LogP contribution in [-0.2, 0) is 20.8 Å². The minimum absolute atomic E-state index is 0.141. The maximum absolute atomic E-state index is 13.1. The molecule has 3 aromatic rings. The van der Waals surface area contributed by atoms with E-state index in [1.54, 1.807) is 0 Å². The van der Waals surface area contributed by atoms with Crippen LogP contribution in [0, 0.1) is 12.8 Å². The molecule has 1 aromatic heterocycles. The molecule has 1 saturated heterocycles. The molecule has 1 unspecified atom stereocenters. The SMILES string of the molecule is COC(=O)c1cc(NC(=O)C2CCCN(Cc3nc(-c4ccccc4C)no3)C2)cc(C(=O)OC)c1. The van der Waals surface area contributed by atoms with Gasteiger partial charge < -0.3 is 19.3 Å². The number of anilines is 1. The van der Waals surface area contributed by atoms with Crippen LogP contribution in [0.2, 0.25) is 0 Å². The van der Waals surface area contributed by atoms with Crippen LogP contribution >= 0.6 is 0 Å². The molecule has 2 aromatic carbocycles. The lowest BCUT2D eigenvalue weighted by Crippen LogP contribution is -2.40. The number of aryl methyl sites for hydroxylation is 1. The predicted molar refractivity (Wildman–Crippen MR) is 130 cm³/mol. The number of carbonyl (C=O) groups is 3. The Morgan fingerprint density at radius 1 is 1.08 bits per heavy atom. The van der Waals surface area contributed by atoms with Gasteiger partial charge in [0.15, 0.2) is 0 Å². The summed E-state index contributed by atoms with van der Waals surface area (Å²) in [5.74, 6) is -0.705. The van der Waals surface area contributed by atoms with E-state index in [0.29, 0.717) is 36.9 Å². The lowest BCUT2D eigenvalue weighted by Gasteiger charge is -2.30. The Labute approximate surface area is 208 Å². The number of nitrogens with one attached hydrogen (secondary N) is 1. The molecule has 1 fully saturated rings. The van der Waals surface area contributed by atoms with Crippen LogP contribution in [0.15, 0.2) is 47.0 Å². The lowest BCUT2D eigenvalue weighted by atomic mass is 9.97. The number of likely N-dealkylation sites (tertiary alicyclic amines) is 1. The van der Waals surface area contributed by atoms with Crippen molar-refractivity contribution >= 4 is 23.5 Å². The number of hydrogen-bond donors (Lipinski definition) is 1. The number of esters is 2. The topological polar surface area (TPSA) is 124 Å². The molecule has 188 valence electrons. The van der Waals surface area contributed by atoms with Crippen molar-refractivity contribution in [3.05, 3.63) is 65.0 Å². The van der Waals surface area contributed by atoms with Crippen LogP contribution in [0.3, 0.4) is 0 Å². The van der Waals surface area contributed by atoms with E-state index < -0.39 is 11.9 Å². The summed E-state index contributed by atoms with van der Waals surface area (Å²) < 4.78 is 15.0. The Bertz CT molecular complexity index is 1240. The van der Waals surface area contributed by atoms with Gasteiger partial charge in [-0.25, -0.2) is 9.59 Å². The van der Waals surface area contributed by atoms with Crippen molar-refractivity contribution in [2.45, 2.75) is 26.3 Å². The average Bonchev–Trinajstić information content (AvgIpc) is 3.35. The highest BCUT2D eigenvalue weighted by atomic mass is 16.5. The smallest absolute Gasteiger partial charge is 0.337 e. The van der Waals surface area contributed by atoms with Crippen molar-refractivity contribution in [1.29, 1.82) is 0 Å². The summed E-state index contributed by atoms with van der Waals surface area (Å²) in [5, 5.41) is 6.95. The minimum atomic E-state index is -0.621. The molecular formula is C26H28N4O6. The summed E-state index contributed by atoms with van der Waals surface area (Å²) in [4.78, 5) is 43.8. The van der Waals surface area contributed by atoms with E-state index in [-0.39, 0.29) is 23.0 Å². The first kappa shape index (κ1) is 25.1. The number of rotatable bonds is 7. The Morgan fingerprint density at radius 3 is 2.44 bits per heavy atom. The highest BCUT2D eigenvalue weighted by molar-refractivity contribution is 6.00. The molecule has 0 radical (unpaired) electrons. The fourth-order valence-electron chi connectivity index (χ4n) is 4.27. The summed E-state index contributed by atoms with van der Waals surface area (Å²) in [6, 6.07) is 12.2. The third-order valence-electron chi connectivity index (χ3n) is 6.13. The number of piperidine rings is 1. The van der Waals surface area contributed by atoms with E-state index in [1.807, 2.05) is 31.2 Å². The van der Waals surface area contributed by atoms with Gasteiger partial charge in [0.2, 0.25) is 17.6 Å². The van der Waals surface area contributed by atoms with Gasteiger partial charge in [-0.1, -0.05) is 29.4 Å². The van der Waals surface area contributed by atoms with Gasteiger partial charge >= 0.3 is 11.9 Å². The highest BCUT2D eigenvalue weighted by Crippen LogP contribution is 2.24. The largest absolute Gasteiger partial charge is 0.465 e. The van der Waals surface area contributed by atoms with E-state index in [1.165, 1.54) is 32.4 Å². The van der Waals surface area contributed by atoms with Crippen molar-refractivity contribution in [1.82, 2.24) is 15.0 Å². The summed E-state index contributed by atoms with van der Waals surface area (Å²) in [6.07, 6.45) is 1.54. The Balaban J connectivity index is 1.43. The molecule has 0 bridgehead atoms. The Morgan fingerprint density at radius 2 is 1.78 bits per heavy atom. The standard InChI is InChI=1S/C26H28N4O6/c1-16-7-4-5-9-21(16)23-28-22(36-29-23)15-30-10-6-8-17(14-30)24(31)27-20-12-18(25(32)34-2)11-19(13-20)26(33)35-3/h4-5,7,9,11-13,17H,6,8,10,14-15H2,1-3H3,(H,27,31). The van der Waals surface area contributed by atoms with E-state index >= 15 is 0 Å². The van der Waals surface area contributed by atoms with Crippen LogP contribution in [0.4, 0.5) is 5.69 Å². The zero-order valence-electron chi connectivity index (χ0n) is 20.4. The first-order valence-electron chi connectivity index (χ1n) is 11.6. The number of carbonyl (C=O) groups excluding carboxylic acids is 3. The molecule has 1 N–H and O–H groups in total. The van der Waals surface area contributed by atoms with Gasteiger partial charge in [-0.3, -0.25) is 9.69 Å². The molecule has 0 aliphatic carbocycles. The van der Waals surface area contributed by atoms with Gasteiger partial charge in [0.1, 0.15) is 0 Å². The molecule has 0 spiro atoms. The molecule has 2 heterocycles. The van der Waals surface area contributed by atoms with Crippen molar-refractivity contribution < 1.29 is 28.4 Å². The number of aromatic nitrogens is 2. The quantitative estimate of drug-likeness (QED) is 0.494. The van der Waals surface area contributed by atoms with Crippen molar-refractivity contribution in [2.75, 3.05) is 32.6 Å². The van der Waals surface area contributed by atoms with Crippen LogP contribution in [0.1, 0.15) is 45.0 Å². The molecule has 10 heteroatoms. The van der Waals surface area contributed by atoms with E-state index in [9.17, 15) is 14.4 Å². The number of methoxy groups -OCH3 is 2. The van der Waals surface area contributed by atoms with Gasteiger partial charge in [0.25, 0.3) is 0 Å². The van der Waals surface area contributed by atoms with Gasteiger partial charge in [-0.15, -0.1) is 0 Å². The van der Waals surface area contributed by atoms with Crippen LogP contribution in [-0.4, -0.2) is 60.2 Å². The molecule has 1 amide bonds. The maximum atomic E-state index is 13.1. The van der Waals surface area contributed by atoms with Gasteiger partial charge in [0, 0.05) is 17.8 Å². The number of benzene rings is 2. The molecule has 1 atom stereocenters. The van der Waals surface area contributed by atoms with Crippen LogP contribution in [0.25, 0.3) is 11.4 Å². The fourth-order valence-corrected chi connectivity index (χ4v) is 4.27. The number of hydrogen-bond acceptors (Lipinski definition) is 9. The third kappa shape index (κ3) is 5.77. The zero-order chi connectivity index (χ0) is 25.7. The van der Waals surface area contributed by atoms with Crippen LogP contribution in [0.5, 0.6) is 0 Å². The maximum Gasteiger partial charge on any atom is 0.337 e. The summed E-state index contributed by atoms with van der Waals surface area (Å²) in [7, 11) is 2.49. The molecule has 4 rings (SSSR count). The van der Waals surface area contributed by atoms with Gasteiger partial charge in [-0.05, 0) is 50.1 Å². The van der Waals surface area contributed by atoms with Gasteiger partial charge in [0.05, 0.1) is 37.8 Å². The molecule has 36 heavy (non-hydrogen) atoms. The van der Waals surface area contributed by atoms with Crippen LogP contribution < -0.4 is 5.32 Å². The summed E-state index contributed by atoms with van der Waals surface area (Å²) in [5.41, 5.74) is 2.58. The fraction of sp³-hybridized carbons (Fsp3) is 0.346. The summed E-state index contributed by atoms with van der Waals surface area (Å²) >= 11 is 0. The predicted octanol–water partition coefficient (Wildman–Crippen LogP) is 3.47. The second kappa shape index (κ2) is 11.1. The highest BCUT2D eigenvalue weighted by Gasteiger charge is 2.27. The lowest BCUT2D eigenvalue weighted by molar-refractivity contribution is -0.121. The van der Waals surface area contributed by atoms with E-state index in [2.05, 4.69) is 20.4 Å². The van der Waals surface area contributed by atoms with Crippen molar-refractivity contribution in [3.8, 4) is 11.4 Å². The monoisotopic (exact) mass is 492 g/mol. The van der Waals surface area contributed by atoms with E-state index in [0.717, 1.165) is 24.1 Å². The minimum Gasteiger partial charge on any atom is -0.465 e. The van der Waals surface area contributed by atoms with E-state index in [4.69, 9.17) is 14.0 Å². The van der Waals surface area contributed by atoms with Gasteiger partial charge in [-0.2, -0.15) is 4.98 Å². The van der Waals surface area contributed by atoms with Crippen molar-refractivity contribution in [3.63, 3.8) is 0 Å². The summed E-state index contributed by atoms with van der Waals surface area (Å²) in [6.45, 7) is 3.74. The van der Waals surface area contributed by atoms with Crippen molar-refractivity contribution in [2.24, 2.45) is 5.92 Å². The average molecular weight is 493 g/mol. The Kier molecular flexibility index (Phi) is 7.74. The molecular weight excluding hydrogens is 464 g/mol. The normalized spacial score (nSPS) is 15.8. The second-order valence-electron chi connectivity index (χ2n) is 8.67. The number of amides is 1. The number of nitrogens with zero attached hydrogens (tertiary/aromatic N) is 3. The molecule has 0 saturated carbocycles. The zero-order valence-corrected chi connectivity index (χ0v) is 20.4. The molecule has 10 nitrogen and oxygen atoms in total. The second-order valence-corrected chi connectivity index (χ2v) is 8.67. The first-order chi connectivity index (χ1) is 17.4. The third-order valence-corrected chi connectivity index (χ3v) is 6.13. The molecule has 1 aliphatic rings.